The maximum absolute atomic E-state index is 13.7. The van der Waals surface area contributed by atoms with Gasteiger partial charge >= 0.3 is 5.97 Å². The second-order valence-electron chi connectivity index (χ2n) is 4.48. The highest BCUT2D eigenvalue weighted by molar-refractivity contribution is 6.32. The number of ether oxygens (including phenoxy) is 1. The standard InChI is InChI=1S/C16H8ClF2NO2/c17-12-5-2-6-13(19)11(12)8-14-16(21)22-15(20-14)9-3-1-4-10(18)7-9/h1-8H/b14-8-. The van der Waals surface area contributed by atoms with Crippen LogP contribution in [-0.4, -0.2) is 11.9 Å². The number of carbonyl (C=O) groups is 1. The van der Waals surface area contributed by atoms with Crippen molar-refractivity contribution < 1.29 is 18.3 Å². The molecule has 0 saturated heterocycles. The van der Waals surface area contributed by atoms with E-state index in [0.29, 0.717) is 5.56 Å². The van der Waals surface area contributed by atoms with Crippen LogP contribution < -0.4 is 0 Å². The largest absolute Gasteiger partial charge is 0.402 e. The average molecular weight is 320 g/mol. The minimum Gasteiger partial charge on any atom is -0.402 e. The van der Waals surface area contributed by atoms with Gasteiger partial charge in [0.25, 0.3) is 0 Å². The molecule has 1 aliphatic rings. The molecule has 1 heterocycles. The quantitative estimate of drug-likeness (QED) is 0.620. The third kappa shape index (κ3) is 2.76. The van der Waals surface area contributed by atoms with Crippen molar-refractivity contribution in [1.82, 2.24) is 0 Å². The highest BCUT2D eigenvalue weighted by Crippen LogP contribution is 2.25. The van der Waals surface area contributed by atoms with Crippen LogP contribution in [0.1, 0.15) is 11.1 Å². The highest BCUT2D eigenvalue weighted by Gasteiger charge is 2.25. The van der Waals surface area contributed by atoms with Gasteiger partial charge in [0.1, 0.15) is 11.6 Å². The van der Waals surface area contributed by atoms with Gasteiger partial charge < -0.3 is 4.74 Å². The van der Waals surface area contributed by atoms with E-state index < -0.39 is 17.6 Å². The number of hydrogen-bond acceptors (Lipinski definition) is 3. The third-order valence-electron chi connectivity index (χ3n) is 2.97. The molecule has 0 amide bonds. The van der Waals surface area contributed by atoms with E-state index in [1.165, 1.54) is 42.5 Å². The zero-order valence-electron chi connectivity index (χ0n) is 11.0. The van der Waals surface area contributed by atoms with Gasteiger partial charge in [0, 0.05) is 11.1 Å². The van der Waals surface area contributed by atoms with Gasteiger partial charge in [0.2, 0.25) is 5.90 Å². The molecule has 2 aromatic carbocycles. The van der Waals surface area contributed by atoms with E-state index in [-0.39, 0.29) is 22.2 Å². The first kappa shape index (κ1) is 14.4. The SMILES string of the molecule is O=C1OC(c2cccc(F)c2)=N/C1=C\c1c(F)cccc1Cl. The van der Waals surface area contributed by atoms with E-state index >= 15 is 0 Å². The molecule has 3 rings (SSSR count). The fourth-order valence-electron chi connectivity index (χ4n) is 1.94. The summed E-state index contributed by atoms with van der Waals surface area (Å²) in [7, 11) is 0. The number of esters is 1. The predicted octanol–water partition coefficient (Wildman–Crippen LogP) is 3.96. The molecule has 0 unspecified atom stereocenters. The van der Waals surface area contributed by atoms with Crippen molar-refractivity contribution in [2.75, 3.05) is 0 Å². The lowest BCUT2D eigenvalue weighted by Crippen LogP contribution is -2.05. The van der Waals surface area contributed by atoms with E-state index in [4.69, 9.17) is 16.3 Å². The fraction of sp³-hybridized carbons (Fsp3) is 0. The van der Waals surface area contributed by atoms with Crippen molar-refractivity contribution in [2.45, 2.75) is 0 Å². The van der Waals surface area contributed by atoms with Gasteiger partial charge in [-0.3, -0.25) is 0 Å². The van der Waals surface area contributed by atoms with Crippen molar-refractivity contribution >= 4 is 29.5 Å². The maximum atomic E-state index is 13.7. The molecule has 0 spiro atoms. The normalized spacial score (nSPS) is 15.9. The van der Waals surface area contributed by atoms with Gasteiger partial charge in [-0.05, 0) is 36.4 Å². The Balaban J connectivity index is 2.02. The number of rotatable bonds is 2. The van der Waals surface area contributed by atoms with Gasteiger partial charge in [0.05, 0.1) is 5.02 Å². The zero-order chi connectivity index (χ0) is 15.7. The third-order valence-corrected chi connectivity index (χ3v) is 3.30. The van der Waals surface area contributed by atoms with Crippen LogP contribution in [0.2, 0.25) is 5.02 Å². The lowest BCUT2D eigenvalue weighted by atomic mass is 10.2. The van der Waals surface area contributed by atoms with Crippen LogP contribution in [0, 0.1) is 11.6 Å². The highest BCUT2D eigenvalue weighted by atomic mass is 35.5. The average Bonchev–Trinajstić information content (AvgIpc) is 2.84. The van der Waals surface area contributed by atoms with E-state index in [1.54, 1.807) is 6.07 Å². The first-order valence-corrected chi connectivity index (χ1v) is 6.65. The van der Waals surface area contributed by atoms with E-state index in [2.05, 4.69) is 4.99 Å². The molecule has 0 aromatic heterocycles. The van der Waals surface area contributed by atoms with Crippen molar-refractivity contribution in [2.24, 2.45) is 4.99 Å². The van der Waals surface area contributed by atoms with Gasteiger partial charge in [-0.25, -0.2) is 18.6 Å². The Morgan fingerprint density at radius 1 is 1.14 bits per heavy atom. The Hall–Kier alpha value is -2.53. The molecule has 0 saturated carbocycles. The number of halogens is 3. The van der Waals surface area contributed by atoms with Gasteiger partial charge in [-0.1, -0.05) is 23.7 Å². The van der Waals surface area contributed by atoms with Crippen LogP contribution in [-0.2, 0) is 9.53 Å². The van der Waals surface area contributed by atoms with E-state index in [1.807, 2.05) is 0 Å². The molecule has 3 nitrogen and oxygen atoms in total. The molecule has 2 aromatic rings. The molecule has 0 radical (unpaired) electrons. The number of aliphatic imine (C=N–C) groups is 1. The smallest absolute Gasteiger partial charge is 0.363 e. The van der Waals surface area contributed by atoms with E-state index in [9.17, 15) is 13.6 Å². The van der Waals surface area contributed by atoms with Gasteiger partial charge in [-0.15, -0.1) is 0 Å². The summed E-state index contributed by atoms with van der Waals surface area (Å²) in [4.78, 5) is 15.8. The Kier molecular flexibility index (Phi) is 3.73. The van der Waals surface area contributed by atoms with Crippen molar-refractivity contribution in [3.63, 3.8) is 0 Å². The first-order valence-electron chi connectivity index (χ1n) is 6.27. The molecule has 0 aliphatic carbocycles. The Morgan fingerprint density at radius 3 is 2.64 bits per heavy atom. The van der Waals surface area contributed by atoms with E-state index in [0.717, 1.165) is 0 Å². The number of benzene rings is 2. The predicted molar refractivity (Wildman–Crippen MR) is 78.4 cm³/mol. The monoisotopic (exact) mass is 319 g/mol. The molecule has 22 heavy (non-hydrogen) atoms. The molecular formula is C16H8ClF2NO2. The minimum atomic E-state index is -0.751. The number of cyclic esters (lactones) is 1. The number of nitrogens with zero attached hydrogens (tertiary/aromatic N) is 1. The molecule has 1 aliphatic heterocycles. The van der Waals surface area contributed by atoms with Crippen molar-refractivity contribution in [1.29, 1.82) is 0 Å². The summed E-state index contributed by atoms with van der Waals surface area (Å²) in [5, 5.41) is 0.148. The van der Waals surface area contributed by atoms with Crippen LogP contribution in [0.25, 0.3) is 6.08 Å². The summed E-state index contributed by atoms with van der Waals surface area (Å²) >= 11 is 5.90. The van der Waals surface area contributed by atoms with Crippen LogP contribution in [0.5, 0.6) is 0 Å². The minimum absolute atomic E-state index is 0.0387. The number of carbonyl (C=O) groups excluding carboxylic acids is 1. The molecule has 0 N–H and O–H groups in total. The van der Waals surface area contributed by atoms with Crippen LogP contribution >= 0.6 is 11.6 Å². The molecular weight excluding hydrogens is 312 g/mol. The maximum Gasteiger partial charge on any atom is 0.363 e. The molecule has 110 valence electrons. The number of hydrogen-bond donors (Lipinski definition) is 0. The Bertz CT molecular complexity index is 810. The Morgan fingerprint density at radius 2 is 1.91 bits per heavy atom. The Labute approximate surface area is 129 Å². The van der Waals surface area contributed by atoms with Crippen LogP contribution in [0.3, 0.4) is 0 Å². The fourth-order valence-corrected chi connectivity index (χ4v) is 2.16. The first-order chi connectivity index (χ1) is 10.5. The van der Waals surface area contributed by atoms with Gasteiger partial charge in [-0.2, -0.15) is 0 Å². The second-order valence-corrected chi connectivity index (χ2v) is 4.89. The lowest BCUT2D eigenvalue weighted by molar-refractivity contribution is -0.129. The summed E-state index contributed by atoms with van der Waals surface area (Å²) in [6.07, 6.45) is 1.20. The molecule has 0 atom stereocenters. The lowest BCUT2D eigenvalue weighted by Gasteiger charge is -1.99. The zero-order valence-corrected chi connectivity index (χ0v) is 11.8. The van der Waals surface area contributed by atoms with Crippen LogP contribution in [0.4, 0.5) is 8.78 Å². The summed E-state index contributed by atoms with van der Waals surface area (Å²) in [6, 6.07) is 9.63. The summed E-state index contributed by atoms with van der Waals surface area (Å²) < 4.78 is 31.9. The molecule has 6 heteroatoms. The second kappa shape index (κ2) is 5.69. The summed E-state index contributed by atoms with van der Waals surface area (Å²) in [6.45, 7) is 0. The topological polar surface area (TPSA) is 38.7 Å². The van der Waals surface area contributed by atoms with Crippen molar-refractivity contribution in [3.8, 4) is 0 Å². The molecule has 0 fully saturated rings. The van der Waals surface area contributed by atoms with Crippen molar-refractivity contribution in [3.05, 3.63) is 75.9 Å². The molecule has 0 bridgehead atoms. The van der Waals surface area contributed by atoms with Crippen LogP contribution in [0.15, 0.2) is 53.2 Å². The summed E-state index contributed by atoms with van der Waals surface area (Å²) in [5.41, 5.74) is 0.253. The van der Waals surface area contributed by atoms with Gasteiger partial charge in [0.15, 0.2) is 5.70 Å². The summed E-state index contributed by atoms with van der Waals surface area (Å²) in [5.74, 6) is -1.85.